The zero-order chi connectivity index (χ0) is 19.4. The third-order valence-electron chi connectivity index (χ3n) is 5.12. The van der Waals surface area contributed by atoms with Crippen LogP contribution in [-0.2, 0) is 22.6 Å². The number of benzene rings is 1. The Balaban J connectivity index is 1.43. The van der Waals surface area contributed by atoms with E-state index >= 15 is 0 Å². The molecule has 2 aliphatic rings. The van der Waals surface area contributed by atoms with Crippen LogP contribution in [0.5, 0.6) is 0 Å². The molecule has 3 rings (SSSR count). The minimum Gasteiger partial charge on any atom is -0.379 e. The minimum atomic E-state index is 0.685. The molecule has 0 amide bonds. The number of hydrogen-bond donors (Lipinski definition) is 2. The largest absolute Gasteiger partial charge is 0.379 e. The van der Waals surface area contributed by atoms with E-state index in [9.17, 15) is 0 Å². The first-order chi connectivity index (χ1) is 13.8. The Labute approximate surface area is 169 Å². The van der Waals surface area contributed by atoms with Gasteiger partial charge in [0.2, 0.25) is 0 Å². The maximum absolute atomic E-state index is 5.42. The topological polar surface area (TPSA) is 61.4 Å². The van der Waals surface area contributed by atoms with Crippen LogP contribution in [0.3, 0.4) is 0 Å². The number of nitrogens with zero attached hydrogens (tertiary/aromatic N) is 3. The van der Waals surface area contributed by atoms with Gasteiger partial charge in [0.25, 0.3) is 0 Å². The van der Waals surface area contributed by atoms with E-state index in [-0.39, 0.29) is 0 Å². The van der Waals surface area contributed by atoms with Crippen LogP contribution in [0.25, 0.3) is 0 Å². The quantitative estimate of drug-likeness (QED) is 0.509. The molecule has 0 radical (unpaired) electrons. The van der Waals surface area contributed by atoms with Gasteiger partial charge in [-0.3, -0.25) is 9.80 Å². The van der Waals surface area contributed by atoms with Crippen molar-refractivity contribution < 1.29 is 9.47 Å². The van der Waals surface area contributed by atoms with E-state index in [4.69, 9.17) is 14.5 Å². The molecule has 2 heterocycles. The van der Waals surface area contributed by atoms with Crippen LogP contribution in [0.2, 0.25) is 0 Å². The van der Waals surface area contributed by atoms with E-state index in [1.54, 1.807) is 0 Å². The lowest BCUT2D eigenvalue weighted by Crippen LogP contribution is -2.44. The molecular formula is C21H35N5O2. The van der Waals surface area contributed by atoms with Crippen molar-refractivity contribution in [1.29, 1.82) is 0 Å². The summed E-state index contributed by atoms with van der Waals surface area (Å²) in [6, 6.07) is 8.82. The number of nitrogens with one attached hydrogen (secondary N) is 2. The highest BCUT2D eigenvalue weighted by Gasteiger charge is 2.11. The highest BCUT2D eigenvalue weighted by Crippen LogP contribution is 2.10. The summed E-state index contributed by atoms with van der Waals surface area (Å²) in [5.74, 6) is 0.883. The molecule has 1 aromatic carbocycles. The SMILES string of the molecule is CCNC(=NCc1ccc(CN2CCOCC2)cc1)NCCN1CCOCC1. The number of hydrogen-bond acceptors (Lipinski definition) is 5. The molecule has 28 heavy (non-hydrogen) atoms. The van der Waals surface area contributed by atoms with Crippen molar-refractivity contribution in [3.63, 3.8) is 0 Å². The summed E-state index contributed by atoms with van der Waals surface area (Å²) in [5, 5.41) is 6.78. The Bertz CT molecular complexity index is 581. The zero-order valence-electron chi connectivity index (χ0n) is 17.2. The van der Waals surface area contributed by atoms with Gasteiger partial charge < -0.3 is 20.1 Å². The van der Waals surface area contributed by atoms with Crippen molar-refractivity contribution in [1.82, 2.24) is 20.4 Å². The molecule has 0 aromatic heterocycles. The average molecular weight is 390 g/mol. The van der Waals surface area contributed by atoms with Crippen molar-refractivity contribution in [2.75, 3.05) is 72.2 Å². The lowest BCUT2D eigenvalue weighted by atomic mass is 10.1. The van der Waals surface area contributed by atoms with Crippen molar-refractivity contribution in [2.24, 2.45) is 4.99 Å². The molecule has 7 heteroatoms. The molecule has 1 aromatic rings. The second-order valence-electron chi connectivity index (χ2n) is 7.28. The highest BCUT2D eigenvalue weighted by atomic mass is 16.5. The molecule has 0 aliphatic carbocycles. The summed E-state index contributed by atoms with van der Waals surface area (Å²) >= 11 is 0. The maximum Gasteiger partial charge on any atom is 0.191 e. The molecule has 2 N–H and O–H groups in total. The van der Waals surface area contributed by atoms with Gasteiger partial charge >= 0.3 is 0 Å². The van der Waals surface area contributed by atoms with Crippen LogP contribution in [-0.4, -0.2) is 88.0 Å². The first-order valence-electron chi connectivity index (χ1n) is 10.5. The zero-order valence-corrected chi connectivity index (χ0v) is 17.2. The summed E-state index contributed by atoms with van der Waals surface area (Å²) in [6.07, 6.45) is 0. The minimum absolute atomic E-state index is 0.685. The highest BCUT2D eigenvalue weighted by molar-refractivity contribution is 5.79. The lowest BCUT2D eigenvalue weighted by Gasteiger charge is -2.26. The van der Waals surface area contributed by atoms with Gasteiger partial charge in [-0.05, 0) is 18.1 Å². The van der Waals surface area contributed by atoms with Gasteiger partial charge in [-0.2, -0.15) is 0 Å². The smallest absolute Gasteiger partial charge is 0.191 e. The van der Waals surface area contributed by atoms with Crippen molar-refractivity contribution in [3.8, 4) is 0 Å². The third kappa shape index (κ3) is 7.39. The van der Waals surface area contributed by atoms with Crippen LogP contribution in [0.4, 0.5) is 0 Å². The molecule has 0 spiro atoms. The summed E-state index contributed by atoms with van der Waals surface area (Å²) in [7, 11) is 0. The van der Waals surface area contributed by atoms with Gasteiger partial charge in [-0.25, -0.2) is 4.99 Å². The fraction of sp³-hybridized carbons (Fsp3) is 0.667. The van der Waals surface area contributed by atoms with Crippen LogP contribution < -0.4 is 10.6 Å². The normalized spacial score (nSPS) is 19.5. The van der Waals surface area contributed by atoms with Crippen LogP contribution in [0, 0.1) is 0 Å². The number of rotatable bonds is 8. The molecule has 7 nitrogen and oxygen atoms in total. The second-order valence-corrected chi connectivity index (χ2v) is 7.28. The van der Waals surface area contributed by atoms with Gasteiger partial charge in [0, 0.05) is 52.4 Å². The first kappa shape index (κ1) is 21.0. The maximum atomic E-state index is 5.42. The monoisotopic (exact) mass is 389 g/mol. The Kier molecular flexibility index (Phi) is 9.03. The average Bonchev–Trinajstić information content (AvgIpc) is 2.74. The number of morpholine rings is 2. The van der Waals surface area contributed by atoms with E-state index in [1.807, 2.05) is 0 Å². The number of aliphatic imine (C=N–C) groups is 1. The lowest BCUT2D eigenvalue weighted by molar-refractivity contribution is 0.0342. The first-order valence-corrected chi connectivity index (χ1v) is 10.5. The molecule has 0 unspecified atom stereocenters. The number of ether oxygens (including phenoxy) is 2. The van der Waals surface area contributed by atoms with Crippen molar-refractivity contribution in [3.05, 3.63) is 35.4 Å². The Morgan fingerprint density at radius 1 is 0.893 bits per heavy atom. The molecular weight excluding hydrogens is 354 g/mol. The third-order valence-corrected chi connectivity index (χ3v) is 5.12. The molecule has 2 fully saturated rings. The van der Waals surface area contributed by atoms with E-state index < -0.39 is 0 Å². The molecule has 0 saturated carbocycles. The van der Waals surface area contributed by atoms with Gasteiger partial charge in [-0.15, -0.1) is 0 Å². The molecule has 156 valence electrons. The van der Waals surface area contributed by atoms with E-state index in [0.717, 1.165) is 84.7 Å². The summed E-state index contributed by atoms with van der Waals surface area (Å²) < 4.78 is 10.8. The van der Waals surface area contributed by atoms with Crippen molar-refractivity contribution in [2.45, 2.75) is 20.0 Å². The van der Waals surface area contributed by atoms with Crippen LogP contribution in [0.1, 0.15) is 18.1 Å². The van der Waals surface area contributed by atoms with Crippen molar-refractivity contribution >= 4 is 5.96 Å². The summed E-state index contributed by atoms with van der Waals surface area (Å²) in [5.41, 5.74) is 2.58. The van der Waals surface area contributed by atoms with E-state index in [1.165, 1.54) is 11.1 Å². The second kappa shape index (κ2) is 12.0. The Morgan fingerprint density at radius 3 is 2.14 bits per heavy atom. The molecule has 2 saturated heterocycles. The van der Waals surface area contributed by atoms with Gasteiger partial charge in [0.15, 0.2) is 5.96 Å². The standard InChI is InChI=1S/C21H35N5O2/c1-2-22-21(23-7-8-25-9-13-27-14-10-25)24-17-19-3-5-20(6-4-19)18-26-11-15-28-16-12-26/h3-6H,2,7-18H2,1H3,(H2,22,23,24). The van der Waals surface area contributed by atoms with Crippen LogP contribution in [0.15, 0.2) is 29.3 Å². The Hall–Kier alpha value is -1.67. The predicted octanol–water partition coefficient (Wildman–Crippen LogP) is 0.906. The summed E-state index contributed by atoms with van der Waals surface area (Å²) in [6.45, 7) is 14.0. The molecule has 0 atom stereocenters. The van der Waals surface area contributed by atoms with E-state index in [2.05, 4.69) is 51.6 Å². The van der Waals surface area contributed by atoms with Crippen LogP contribution >= 0.6 is 0 Å². The molecule has 0 bridgehead atoms. The van der Waals surface area contributed by atoms with Gasteiger partial charge in [0.05, 0.1) is 33.0 Å². The predicted molar refractivity (Wildman–Crippen MR) is 113 cm³/mol. The van der Waals surface area contributed by atoms with Gasteiger partial charge in [0.1, 0.15) is 0 Å². The fourth-order valence-electron chi connectivity index (χ4n) is 3.44. The van der Waals surface area contributed by atoms with Gasteiger partial charge in [-0.1, -0.05) is 24.3 Å². The fourth-order valence-corrected chi connectivity index (χ4v) is 3.44. The van der Waals surface area contributed by atoms with E-state index in [0.29, 0.717) is 6.54 Å². The molecule has 2 aliphatic heterocycles. The number of guanidine groups is 1. The summed E-state index contributed by atoms with van der Waals surface area (Å²) in [4.78, 5) is 9.60. The Morgan fingerprint density at radius 2 is 1.50 bits per heavy atom.